The highest BCUT2D eigenvalue weighted by atomic mass is 19.1. The Labute approximate surface area is 112 Å². The third-order valence-electron chi connectivity index (χ3n) is 3.83. The maximum Gasteiger partial charge on any atom is 0.148 e. The van der Waals surface area contributed by atoms with Crippen LogP contribution in [0.3, 0.4) is 0 Å². The van der Waals surface area contributed by atoms with E-state index in [1.165, 1.54) is 13.2 Å². The Balaban J connectivity index is 2.26. The highest BCUT2D eigenvalue weighted by Gasteiger charge is 2.32. The average molecular weight is 268 g/mol. The van der Waals surface area contributed by atoms with Crippen LogP contribution in [-0.2, 0) is 0 Å². The molecular formula is C14H21FN2O2. The van der Waals surface area contributed by atoms with Crippen LogP contribution in [0.2, 0.25) is 0 Å². The maximum absolute atomic E-state index is 13.9. The van der Waals surface area contributed by atoms with Crippen LogP contribution in [-0.4, -0.2) is 24.4 Å². The minimum absolute atomic E-state index is 0.000861. The van der Waals surface area contributed by atoms with E-state index in [-0.39, 0.29) is 12.3 Å². The largest absolute Gasteiger partial charge is 0.495 e. The average Bonchev–Trinajstić information content (AvgIpc) is 2.43. The molecular weight excluding hydrogens is 247 g/mol. The van der Waals surface area contributed by atoms with Crippen molar-refractivity contribution in [2.45, 2.75) is 37.6 Å². The molecule has 0 bridgehead atoms. The molecule has 0 aromatic heterocycles. The highest BCUT2D eigenvalue weighted by molar-refractivity contribution is 5.63. The molecule has 0 spiro atoms. The fraction of sp³-hybridized carbons (Fsp3) is 0.571. The molecule has 1 fully saturated rings. The van der Waals surface area contributed by atoms with Gasteiger partial charge in [-0.2, -0.15) is 0 Å². The van der Waals surface area contributed by atoms with Gasteiger partial charge in [-0.25, -0.2) is 4.39 Å². The summed E-state index contributed by atoms with van der Waals surface area (Å²) in [6.45, 7) is -0.000861. The summed E-state index contributed by atoms with van der Waals surface area (Å²) in [6.07, 6.45) is 4.94. The summed E-state index contributed by atoms with van der Waals surface area (Å²) >= 11 is 0. The first kappa shape index (κ1) is 13.9. The van der Waals surface area contributed by atoms with Gasteiger partial charge in [-0.1, -0.05) is 19.3 Å². The lowest BCUT2D eigenvalue weighted by Crippen LogP contribution is -2.44. The summed E-state index contributed by atoms with van der Waals surface area (Å²) in [7, 11) is 1.50. The minimum atomic E-state index is -0.430. The maximum atomic E-state index is 13.9. The number of benzene rings is 1. The lowest BCUT2D eigenvalue weighted by atomic mass is 9.82. The molecule has 1 aliphatic rings. The Hall–Kier alpha value is -1.49. The zero-order chi connectivity index (χ0) is 13.9. The Morgan fingerprint density at radius 3 is 2.63 bits per heavy atom. The number of rotatable bonds is 4. The summed E-state index contributed by atoms with van der Waals surface area (Å²) in [4.78, 5) is 0. The predicted molar refractivity (Wildman–Crippen MR) is 73.9 cm³/mol. The first-order valence-corrected chi connectivity index (χ1v) is 6.62. The van der Waals surface area contributed by atoms with Crippen LogP contribution in [0.5, 0.6) is 5.75 Å². The first-order valence-electron chi connectivity index (χ1n) is 6.62. The minimum Gasteiger partial charge on any atom is -0.495 e. The molecule has 1 aromatic rings. The van der Waals surface area contributed by atoms with Gasteiger partial charge in [-0.15, -0.1) is 0 Å². The van der Waals surface area contributed by atoms with E-state index in [0.29, 0.717) is 11.4 Å². The second-order valence-corrected chi connectivity index (χ2v) is 5.20. The van der Waals surface area contributed by atoms with Crippen molar-refractivity contribution in [1.29, 1.82) is 0 Å². The molecule has 4 N–H and O–H groups in total. The van der Waals surface area contributed by atoms with E-state index >= 15 is 0 Å². The number of nitrogens with one attached hydrogen (secondary N) is 1. The van der Waals surface area contributed by atoms with Gasteiger partial charge in [0, 0.05) is 12.1 Å². The smallest absolute Gasteiger partial charge is 0.148 e. The topological polar surface area (TPSA) is 67.5 Å². The number of hydrogen-bond donors (Lipinski definition) is 3. The van der Waals surface area contributed by atoms with E-state index in [4.69, 9.17) is 10.5 Å². The van der Waals surface area contributed by atoms with Crippen molar-refractivity contribution in [1.82, 2.24) is 0 Å². The Kier molecular flexibility index (Phi) is 4.14. The Morgan fingerprint density at radius 1 is 1.37 bits per heavy atom. The van der Waals surface area contributed by atoms with Crippen LogP contribution >= 0.6 is 0 Å². The molecule has 1 saturated carbocycles. The van der Waals surface area contributed by atoms with Crippen LogP contribution in [0, 0.1) is 5.82 Å². The van der Waals surface area contributed by atoms with E-state index in [9.17, 15) is 9.50 Å². The van der Waals surface area contributed by atoms with Crippen LogP contribution in [0.25, 0.3) is 0 Å². The third-order valence-corrected chi connectivity index (χ3v) is 3.83. The van der Waals surface area contributed by atoms with Gasteiger partial charge in [0.1, 0.15) is 11.6 Å². The van der Waals surface area contributed by atoms with Crippen molar-refractivity contribution in [2.24, 2.45) is 0 Å². The van der Waals surface area contributed by atoms with Gasteiger partial charge < -0.3 is 20.9 Å². The third kappa shape index (κ3) is 2.92. The number of ether oxygens (including phenoxy) is 1. The second-order valence-electron chi connectivity index (χ2n) is 5.20. The fourth-order valence-electron chi connectivity index (χ4n) is 2.68. The van der Waals surface area contributed by atoms with Gasteiger partial charge in [-0.05, 0) is 12.8 Å². The van der Waals surface area contributed by atoms with E-state index in [2.05, 4.69) is 5.32 Å². The Morgan fingerprint density at radius 2 is 2.05 bits per heavy atom. The molecule has 19 heavy (non-hydrogen) atoms. The van der Waals surface area contributed by atoms with E-state index < -0.39 is 11.4 Å². The number of halogens is 1. The SMILES string of the molecule is COc1cc(NC2(CO)CCCCC2)c(F)cc1N. The van der Waals surface area contributed by atoms with Gasteiger partial charge in [0.25, 0.3) is 0 Å². The predicted octanol–water partition coefficient (Wildman–Crippen LogP) is 2.52. The Bertz CT molecular complexity index is 445. The number of aliphatic hydroxyl groups excluding tert-OH is 1. The molecule has 0 amide bonds. The summed E-state index contributed by atoms with van der Waals surface area (Å²) in [6, 6.07) is 2.80. The van der Waals surface area contributed by atoms with Crippen molar-refractivity contribution in [3.05, 3.63) is 17.9 Å². The van der Waals surface area contributed by atoms with Crippen molar-refractivity contribution >= 4 is 11.4 Å². The molecule has 1 aliphatic carbocycles. The van der Waals surface area contributed by atoms with Crippen molar-refractivity contribution in [3.63, 3.8) is 0 Å². The highest BCUT2D eigenvalue weighted by Crippen LogP contribution is 2.35. The number of anilines is 2. The molecule has 0 radical (unpaired) electrons. The van der Waals surface area contributed by atoms with Crippen LogP contribution in [0.4, 0.5) is 15.8 Å². The summed E-state index contributed by atoms with van der Waals surface area (Å²) in [5.41, 5.74) is 5.83. The van der Waals surface area contributed by atoms with Gasteiger partial charge >= 0.3 is 0 Å². The quantitative estimate of drug-likeness (QED) is 0.734. The van der Waals surface area contributed by atoms with E-state index in [1.807, 2.05) is 0 Å². The van der Waals surface area contributed by atoms with Crippen molar-refractivity contribution in [2.75, 3.05) is 24.8 Å². The van der Waals surface area contributed by atoms with Crippen LogP contribution in [0.1, 0.15) is 32.1 Å². The number of nitrogen functional groups attached to an aromatic ring is 1. The molecule has 0 unspecified atom stereocenters. The normalized spacial score (nSPS) is 18.1. The molecule has 0 saturated heterocycles. The van der Waals surface area contributed by atoms with Gasteiger partial charge in [0.2, 0.25) is 0 Å². The standard InChI is InChI=1S/C14H21FN2O2/c1-19-13-8-12(10(15)7-11(13)16)17-14(9-18)5-3-2-4-6-14/h7-8,17-18H,2-6,9,16H2,1H3. The van der Waals surface area contributed by atoms with Crippen molar-refractivity contribution in [3.8, 4) is 5.75 Å². The number of methoxy groups -OCH3 is 1. The van der Waals surface area contributed by atoms with Crippen LogP contribution in [0.15, 0.2) is 12.1 Å². The number of hydrogen-bond acceptors (Lipinski definition) is 4. The molecule has 0 aliphatic heterocycles. The molecule has 0 atom stereocenters. The second kappa shape index (κ2) is 5.65. The van der Waals surface area contributed by atoms with E-state index in [0.717, 1.165) is 32.1 Å². The lowest BCUT2D eigenvalue weighted by Gasteiger charge is -2.37. The summed E-state index contributed by atoms with van der Waals surface area (Å²) in [5, 5.41) is 12.8. The molecule has 2 rings (SSSR count). The number of aliphatic hydroxyl groups is 1. The molecule has 1 aromatic carbocycles. The summed E-state index contributed by atoms with van der Waals surface area (Å²) in [5.74, 6) is 0.0181. The lowest BCUT2D eigenvalue weighted by molar-refractivity contribution is 0.172. The number of nitrogens with two attached hydrogens (primary N) is 1. The van der Waals surface area contributed by atoms with Crippen LogP contribution < -0.4 is 15.8 Å². The van der Waals surface area contributed by atoms with Gasteiger partial charge in [-0.3, -0.25) is 0 Å². The molecule has 4 nitrogen and oxygen atoms in total. The fourth-order valence-corrected chi connectivity index (χ4v) is 2.68. The monoisotopic (exact) mass is 268 g/mol. The molecule has 106 valence electrons. The molecule has 5 heteroatoms. The van der Waals surface area contributed by atoms with Gasteiger partial charge in [0.05, 0.1) is 30.6 Å². The van der Waals surface area contributed by atoms with E-state index in [1.54, 1.807) is 6.07 Å². The van der Waals surface area contributed by atoms with Gasteiger partial charge in [0.15, 0.2) is 0 Å². The molecule has 0 heterocycles. The zero-order valence-corrected chi connectivity index (χ0v) is 11.2. The zero-order valence-electron chi connectivity index (χ0n) is 11.2. The summed E-state index contributed by atoms with van der Waals surface area (Å²) < 4.78 is 19.1. The van der Waals surface area contributed by atoms with Crippen molar-refractivity contribution < 1.29 is 14.2 Å². The first-order chi connectivity index (χ1) is 9.10.